The van der Waals surface area contributed by atoms with E-state index in [0.717, 1.165) is 19.6 Å². The van der Waals surface area contributed by atoms with Gasteiger partial charge in [-0.2, -0.15) is 0 Å². The van der Waals surface area contributed by atoms with E-state index in [1.54, 1.807) is 0 Å². The highest BCUT2D eigenvalue weighted by molar-refractivity contribution is 5.33. The largest absolute Gasteiger partial charge is 0.329 e. The van der Waals surface area contributed by atoms with Gasteiger partial charge >= 0.3 is 0 Å². The van der Waals surface area contributed by atoms with Gasteiger partial charge in [-0.1, -0.05) is 23.8 Å². The Morgan fingerprint density at radius 2 is 1.95 bits per heavy atom. The van der Waals surface area contributed by atoms with E-state index in [-0.39, 0.29) is 5.54 Å². The average molecular weight is 275 g/mol. The molecule has 1 fully saturated rings. The number of piperazine rings is 1. The van der Waals surface area contributed by atoms with Gasteiger partial charge in [0.25, 0.3) is 0 Å². The van der Waals surface area contributed by atoms with E-state index in [9.17, 15) is 0 Å². The Morgan fingerprint density at radius 1 is 1.25 bits per heavy atom. The van der Waals surface area contributed by atoms with E-state index in [1.807, 2.05) is 0 Å². The molecule has 0 saturated carbocycles. The number of hydrogen-bond donors (Lipinski definition) is 1. The van der Waals surface area contributed by atoms with Gasteiger partial charge in [0.1, 0.15) is 0 Å². The maximum absolute atomic E-state index is 6.12. The second-order valence-electron chi connectivity index (χ2n) is 6.82. The smallest absolute Gasteiger partial charge is 0.0474 e. The van der Waals surface area contributed by atoms with E-state index >= 15 is 0 Å². The second kappa shape index (κ2) is 5.84. The molecule has 1 aliphatic heterocycles. The normalized spacial score (nSPS) is 21.9. The van der Waals surface area contributed by atoms with Crippen LogP contribution in [0, 0.1) is 13.8 Å². The van der Waals surface area contributed by atoms with E-state index in [0.29, 0.717) is 12.6 Å². The van der Waals surface area contributed by atoms with E-state index < -0.39 is 0 Å². The molecule has 0 aromatic heterocycles. The van der Waals surface area contributed by atoms with Gasteiger partial charge in [-0.05, 0) is 45.9 Å². The lowest BCUT2D eigenvalue weighted by molar-refractivity contribution is 0.0179. The molecule has 1 atom stereocenters. The Bertz CT molecular complexity index is 467. The molecule has 0 radical (unpaired) electrons. The molecule has 3 heteroatoms. The van der Waals surface area contributed by atoms with Gasteiger partial charge < -0.3 is 5.73 Å². The fourth-order valence-electron chi connectivity index (χ4n) is 3.14. The molecule has 2 rings (SSSR count). The summed E-state index contributed by atoms with van der Waals surface area (Å²) in [4.78, 5) is 5.00. The first-order chi connectivity index (χ1) is 9.35. The summed E-state index contributed by atoms with van der Waals surface area (Å²) in [5.74, 6) is 0. The van der Waals surface area contributed by atoms with Crippen molar-refractivity contribution in [2.45, 2.75) is 39.3 Å². The number of hydrogen-bond acceptors (Lipinski definition) is 3. The fourth-order valence-corrected chi connectivity index (χ4v) is 3.14. The minimum Gasteiger partial charge on any atom is -0.329 e. The predicted molar refractivity (Wildman–Crippen MR) is 86.0 cm³/mol. The Balaban J connectivity index is 2.26. The van der Waals surface area contributed by atoms with Crippen LogP contribution in [0.25, 0.3) is 0 Å². The van der Waals surface area contributed by atoms with Gasteiger partial charge in [0.05, 0.1) is 0 Å². The predicted octanol–water partition coefficient (Wildman–Crippen LogP) is 2.33. The van der Waals surface area contributed by atoms with Crippen molar-refractivity contribution in [1.29, 1.82) is 0 Å². The summed E-state index contributed by atoms with van der Waals surface area (Å²) < 4.78 is 0. The Hall–Kier alpha value is -0.900. The molecule has 2 N–H and O–H groups in total. The molecule has 1 aliphatic rings. The van der Waals surface area contributed by atoms with Crippen molar-refractivity contribution in [2.24, 2.45) is 5.73 Å². The van der Waals surface area contributed by atoms with Crippen molar-refractivity contribution in [3.05, 3.63) is 34.9 Å². The summed E-state index contributed by atoms with van der Waals surface area (Å²) >= 11 is 0. The minimum absolute atomic E-state index is 0.212. The molecule has 0 bridgehead atoms. The van der Waals surface area contributed by atoms with E-state index in [4.69, 9.17) is 5.73 Å². The van der Waals surface area contributed by atoms with Crippen LogP contribution in [0.2, 0.25) is 0 Å². The number of nitrogens with two attached hydrogens (primary N) is 1. The van der Waals surface area contributed by atoms with Crippen molar-refractivity contribution in [3.8, 4) is 0 Å². The molecule has 20 heavy (non-hydrogen) atoms. The van der Waals surface area contributed by atoms with Crippen molar-refractivity contribution in [1.82, 2.24) is 9.80 Å². The summed E-state index contributed by atoms with van der Waals surface area (Å²) in [6.45, 7) is 12.9. The van der Waals surface area contributed by atoms with Crippen LogP contribution in [0.1, 0.15) is 36.6 Å². The average Bonchev–Trinajstić information content (AvgIpc) is 2.38. The van der Waals surface area contributed by atoms with Crippen LogP contribution in [0.15, 0.2) is 18.2 Å². The van der Waals surface area contributed by atoms with Crippen LogP contribution >= 0.6 is 0 Å². The lowest BCUT2D eigenvalue weighted by Gasteiger charge is -2.48. The first-order valence-electron chi connectivity index (χ1n) is 7.57. The zero-order chi connectivity index (χ0) is 14.9. The third kappa shape index (κ3) is 3.05. The molecule has 0 spiro atoms. The summed E-state index contributed by atoms with van der Waals surface area (Å²) in [6.07, 6.45) is 0. The molecule has 1 unspecified atom stereocenters. The molecular weight excluding hydrogens is 246 g/mol. The van der Waals surface area contributed by atoms with E-state index in [2.05, 4.69) is 62.7 Å². The Kier molecular flexibility index (Phi) is 4.52. The van der Waals surface area contributed by atoms with E-state index in [1.165, 1.54) is 16.7 Å². The number of nitrogens with zero attached hydrogens (tertiary/aromatic N) is 2. The van der Waals surface area contributed by atoms with Gasteiger partial charge in [0.2, 0.25) is 0 Å². The Labute approximate surface area is 123 Å². The monoisotopic (exact) mass is 275 g/mol. The minimum atomic E-state index is 0.212. The number of likely N-dealkylation sites (N-methyl/N-ethyl adjacent to an activating group) is 1. The van der Waals surface area contributed by atoms with Crippen molar-refractivity contribution < 1.29 is 0 Å². The molecular formula is C17H29N3. The zero-order valence-corrected chi connectivity index (χ0v) is 13.6. The van der Waals surface area contributed by atoms with Gasteiger partial charge in [-0.3, -0.25) is 9.80 Å². The summed E-state index contributed by atoms with van der Waals surface area (Å²) in [7, 11) is 2.21. The number of benzene rings is 1. The molecule has 3 nitrogen and oxygen atoms in total. The maximum Gasteiger partial charge on any atom is 0.0474 e. The molecule has 0 amide bonds. The van der Waals surface area contributed by atoms with Crippen LogP contribution in [0.5, 0.6) is 0 Å². The standard InChI is InChI=1S/C17H29N3/c1-13-6-7-14(2)15(10-13)16(11-18)20-9-8-19(5)17(3,4)12-20/h6-7,10,16H,8-9,11-12,18H2,1-5H3. The Morgan fingerprint density at radius 3 is 2.55 bits per heavy atom. The lowest BCUT2D eigenvalue weighted by Crippen LogP contribution is -2.58. The van der Waals surface area contributed by atoms with Crippen molar-refractivity contribution in [3.63, 3.8) is 0 Å². The fraction of sp³-hybridized carbons (Fsp3) is 0.647. The SMILES string of the molecule is Cc1ccc(C)c(C(CN)N2CCN(C)C(C)(C)C2)c1. The van der Waals surface area contributed by atoms with Gasteiger partial charge in [-0.25, -0.2) is 0 Å². The quantitative estimate of drug-likeness (QED) is 0.919. The highest BCUT2D eigenvalue weighted by Crippen LogP contribution is 2.29. The third-order valence-corrected chi connectivity index (χ3v) is 4.80. The van der Waals surface area contributed by atoms with Crippen molar-refractivity contribution >= 4 is 0 Å². The molecule has 1 saturated heterocycles. The first kappa shape index (κ1) is 15.5. The van der Waals surface area contributed by atoms with Gasteiger partial charge in [-0.15, -0.1) is 0 Å². The van der Waals surface area contributed by atoms with Crippen LogP contribution < -0.4 is 5.73 Å². The first-order valence-corrected chi connectivity index (χ1v) is 7.57. The maximum atomic E-state index is 6.12. The lowest BCUT2D eigenvalue weighted by atomic mass is 9.93. The summed E-state index contributed by atoms with van der Waals surface area (Å²) in [5.41, 5.74) is 10.4. The summed E-state index contributed by atoms with van der Waals surface area (Å²) in [5, 5.41) is 0. The van der Waals surface area contributed by atoms with Crippen LogP contribution in [0.3, 0.4) is 0 Å². The molecule has 1 aromatic carbocycles. The van der Waals surface area contributed by atoms with Crippen LogP contribution in [-0.2, 0) is 0 Å². The number of rotatable bonds is 3. The molecule has 1 aromatic rings. The van der Waals surface area contributed by atoms with Crippen LogP contribution in [-0.4, -0.2) is 48.6 Å². The second-order valence-corrected chi connectivity index (χ2v) is 6.82. The third-order valence-electron chi connectivity index (χ3n) is 4.80. The highest BCUT2D eigenvalue weighted by atomic mass is 15.3. The molecule has 112 valence electrons. The van der Waals surface area contributed by atoms with Crippen LogP contribution in [0.4, 0.5) is 0 Å². The zero-order valence-electron chi connectivity index (χ0n) is 13.6. The van der Waals surface area contributed by atoms with Gasteiger partial charge in [0, 0.05) is 37.8 Å². The topological polar surface area (TPSA) is 32.5 Å². The number of aryl methyl sites for hydroxylation is 2. The van der Waals surface area contributed by atoms with Crippen molar-refractivity contribution in [2.75, 3.05) is 33.2 Å². The molecule has 1 heterocycles. The molecule has 0 aliphatic carbocycles. The highest BCUT2D eigenvalue weighted by Gasteiger charge is 2.34. The van der Waals surface area contributed by atoms with Gasteiger partial charge in [0.15, 0.2) is 0 Å². The summed E-state index contributed by atoms with van der Waals surface area (Å²) in [6, 6.07) is 7.04.